The summed E-state index contributed by atoms with van der Waals surface area (Å²) in [7, 11) is 0. The molecule has 0 aliphatic heterocycles. The molecule has 1 unspecified atom stereocenters. The molecule has 0 aliphatic rings. The summed E-state index contributed by atoms with van der Waals surface area (Å²) >= 11 is 0. The number of rotatable bonds is 6. The van der Waals surface area contributed by atoms with Crippen LogP contribution in [0.4, 0.5) is 0 Å². The van der Waals surface area contributed by atoms with Crippen LogP contribution in [-0.4, -0.2) is 29.7 Å². The summed E-state index contributed by atoms with van der Waals surface area (Å²) in [6.07, 6.45) is 2.30. The summed E-state index contributed by atoms with van der Waals surface area (Å²) in [5.41, 5.74) is 5.59. The predicted molar refractivity (Wildman–Crippen MR) is 52.2 cm³/mol. The molecular weight excluding hydrogens is 168 g/mol. The Hall–Kier alpha value is -0.610. The van der Waals surface area contributed by atoms with Gasteiger partial charge < -0.3 is 16.2 Å². The minimum absolute atomic E-state index is 0.0267. The highest BCUT2D eigenvalue weighted by Crippen LogP contribution is 1.95. The molecule has 0 saturated heterocycles. The number of hydrogen-bond donors (Lipinski definition) is 3. The monoisotopic (exact) mass is 188 g/mol. The van der Waals surface area contributed by atoms with Crippen molar-refractivity contribution in [2.24, 2.45) is 5.73 Å². The lowest BCUT2D eigenvalue weighted by atomic mass is 10.1. The van der Waals surface area contributed by atoms with Crippen molar-refractivity contribution in [1.82, 2.24) is 5.32 Å². The van der Waals surface area contributed by atoms with Gasteiger partial charge in [0.2, 0.25) is 5.91 Å². The third-order valence-corrected chi connectivity index (χ3v) is 2.00. The van der Waals surface area contributed by atoms with Gasteiger partial charge in [0, 0.05) is 0 Å². The molecule has 0 saturated carbocycles. The van der Waals surface area contributed by atoms with Gasteiger partial charge in [-0.05, 0) is 12.8 Å². The van der Waals surface area contributed by atoms with E-state index >= 15 is 0 Å². The fourth-order valence-corrected chi connectivity index (χ4v) is 1.03. The Morgan fingerprint density at radius 2 is 2.15 bits per heavy atom. The van der Waals surface area contributed by atoms with Crippen LogP contribution >= 0.6 is 0 Å². The Balaban J connectivity index is 3.83. The number of carbonyl (C=O) groups is 1. The summed E-state index contributed by atoms with van der Waals surface area (Å²) in [4.78, 5) is 11.3. The molecule has 0 aromatic heterocycles. The molecule has 0 bridgehead atoms. The number of aliphatic hydroxyl groups is 1. The zero-order chi connectivity index (χ0) is 10.3. The van der Waals surface area contributed by atoms with Gasteiger partial charge in [0.25, 0.3) is 0 Å². The molecule has 1 amide bonds. The van der Waals surface area contributed by atoms with Crippen molar-refractivity contribution in [3.05, 3.63) is 0 Å². The number of nitrogens with one attached hydrogen (secondary N) is 1. The van der Waals surface area contributed by atoms with Crippen molar-refractivity contribution in [2.75, 3.05) is 6.61 Å². The van der Waals surface area contributed by atoms with Gasteiger partial charge in [-0.25, -0.2) is 0 Å². The van der Waals surface area contributed by atoms with Crippen LogP contribution in [0.1, 0.15) is 33.1 Å². The molecule has 0 heterocycles. The number of aliphatic hydroxyl groups excluding tert-OH is 1. The van der Waals surface area contributed by atoms with E-state index in [0.717, 1.165) is 12.8 Å². The standard InChI is InChI=1S/C9H20N2O2/c1-3-5-8(10)9(13)11-7(4-2)6-12/h7-8,12H,3-6,10H2,1-2H3,(H,11,13)/t7-,8?/m0/s1. The molecule has 0 rings (SSSR count). The van der Waals surface area contributed by atoms with Crippen molar-refractivity contribution in [1.29, 1.82) is 0 Å². The number of hydrogen-bond acceptors (Lipinski definition) is 3. The van der Waals surface area contributed by atoms with Crippen LogP contribution in [0.25, 0.3) is 0 Å². The molecule has 0 fully saturated rings. The topological polar surface area (TPSA) is 75.4 Å². The third-order valence-electron chi connectivity index (χ3n) is 2.00. The van der Waals surface area contributed by atoms with Crippen molar-refractivity contribution < 1.29 is 9.90 Å². The maximum absolute atomic E-state index is 11.3. The molecule has 4 heteroatoms. The fourth-order valence-electron chi connectivity index (χ4n) is 1.03. The average Bonchev–Trinajstić information content (AvgIpc) is 2.14. The lowest BCUT2D eigenvalue weighted by Crippen LogP contribution is -2.46. The van der Waals surface area contributed by atoms with E-state index in [1.165, 1.54) is 0 Å². The first-order valence-electron chi connectivity index (χ1n) is 4.82. The highest BCUT2D eigenvalue weighted by atomic mass is 16.3. The summed E-state index contributed by atoms with van der Waals surface area (Å²) < 4.78 is 0. The summed E-state index contributed by atoms with van der Waals surface area (Å²) in [5.74, 6) is -0.164. The zero-order valence-corrected chi connectivity index (χ0v) is 8.42. The van der Waals surface area contributed by atoms with Crippen molar-refractivity contribution in [2.45, 2.75) is 45.2 Å². The Morgan fingerprint density at radius 3 is 2.54 bits per heavy atom. The molecule has 78 valence electrons. The molecule has 2 atom stereocenters. The van der Waals surface area contributed by atoms with Crippen LogP contribution in [0.15, 0.2) is 0 Å². The van der Waals surface area contributed by atoms with Gasteiger partial charge in [0.1, 0.15) is 0 Å². The maximum atomic E-state index is 11.3. The van der Waals surface area contributed by atoms with E-state index in [9.17, 15) is 4.79 Å². The molecule has 0 spiro atoms. The minimum Gasteiger partial charge on any atom is -0.394 e. The second kappa shape index (κ2) is 6.86. The van der Waals surface area contributed by atoms with Crippen molar-refractivity contribution in [3.63, 3.8) is 0 Å². The van der Waals surface area contributed by atoms with Crippen LogP contribution in [-0.2, 0) is 4.79 Å². The Labute approximate surface area is 79.5 Å². The summed E-state index contributed by atoms with van der Waals surface area (Å²) in [6, 6.07) is -0.596. The second-order valence-corrected chi connectivity index (χ2v) is 3.19. The van der Waals surface area contributed by atoms with Gasteiger partial charge in [0.05, 0.1) is 18.7 Å². The Kier molecular flexibility index (Phi) is 6.54. The zero-order valence-electron chi connectivity index (χ0n) is 8.42. The molecule has 4 nitrogen and oxygen atoms in total. The van der Waals surface area contributed by atoms with E-state index in [4.69, 9.17) is 10.8 Å². The Bertz CT molecular complexity index is 147. The van der Waals surface area contributed by atoms with E-state index in [-0.39, 0.29) is 18.6 Å². The van der Waals surface area contributed by atoms with Gasteiger partial charge in [-0.3, -0.25) is 4.79 Å². The molecule has 4 N–H and O–H groups in total. The smallest absolute Gasteiger partial charge is 0.237 e. The van der Waals surface area contributed by atoms with Crippen molar-refractivity contribution >= 4 is 5.91 Å². The largest absolute Gasteiger partial charge is 0.394 e. The molecular formula is C9H20N2O2. The summed E-state index contributed by atoms with van der Waals surface area (Å²) in [5, 5.41) is 11.5. The molecule has 13 heavy (non-hydrogen) atoms. The highest BCUT2D eigenvalue weighted by molar-refractivity contribution is 5.81. The normalized spacial score (nSPS) is 15.1. The van der Waals surface area contributed by atoms with E-state index in [1.807, 2.05) is 13.8 Å². The first-order valence-corrected chi connectivity index (χ1v) is 4.82. The molecule has 0 aromatic rings. The highest BCUT2D eigenvalue weighted by Gasteiger charge is 2.15. The second-order valence-electron chi connectivity index (χ2n) is 3.19. The molecule has 0 radical (unpaired) electrons. The van der Waals surface area contributed by atoms with Crippen molar-refractivity contribution in [3.8, 4) is 0 Å². The van der Waals surface area contributed by atoms with Gasteiger partial charge in [-0.15, -0.1) is 0 Å². The minimum atomic E-state index is -0.439. The molecule has 0 aliphatic carbocycles. The van der Waals surface area contributed by atoms with E-state index in [1.54, 1.807) is 0 Å². The summed E-state index contributed by atoms with van der Waals surface area (Å²) in [6.45, 7) is 3.87. The molecule has 0 aromatic carbocycles. The van der Waals surface area contributed by atoms with Gasteiger partial charge in [-0.2, -0.15) is 0 Å². The number of amides is 1. The van der Waals surface area contributed by atoms with E-state index < -0.39 is 6.04 Å². The van der Waals surface area contributed by atoms with Gasteiger partial charge in [0.15, 0.2) is 0 Å². The third kappa shape index (κ3) is 4.85. The average molecular weight is 188 g/mol. The van der Waals surface area contributed by atoms with E-state index in [2.05, 4.69) is 5.32 Å². The Morgan fingerprint density at radius 1 is 1.54 bits per heavy atom. The van der Waals surface area contributed by atoms with Crippen LogP contribution < -0.4 is 11.1 Å². The van der Waals surface area contributed by atoms with Crippen LogP contribution in [0, 0.1) is 0 Å². The SMILES string of the molecule is CCCC(N)C(=O)N[C@@H](CC)CO. The number of carbonyl (C=O) groups excluding carboxylic acids is 1. The first kappa shape index (κ1) is 12.4. The van der Waals surface area contributed by atoms with Gasteiger partial charge >= 0.3 is 0 Å². The van der Waals surface area contributed by atoms with Crippen LogP contribution in [0.3, 0.4) is 0 Å². The fraction of sp³-hybridized carbons (Fsp3) is 0.889. The maximum Gasteiger partial charge on any atom is 0.237 e. The number of nitrogens with two attached hydrogens (primary N) is 1. The van der Waals surface area contributed by atoms with Crippen LogP contribution in [0.5, 0.6) is 0 Å². The quantitative estimate of drug-likeness (QED) is 0.549. The van der Waals surface area contributed by atoms with Gasteiger partial charge in [-0.1, -0.05) is 20.3 Å². The van der Waals surface area contributed by atoms with Crippen LogP contribution in [0.2, 0.25) is 0 Å². The van der Waals surface area contributed by atoms with E-state index in [0.29, 0.717) is 6.42 Å². The lowest BCUT2D eigenvalue weighted by molar-refractivity contribution is -0.123. The first-order chi connectivity index (χ1) is 6.15. The predicted octanol–water partition coefficient (Wildman–Crippen LogP) is 0.000900. The lowest BCUT2D eigenvalue weighted by Gasteiger charge is -2.17.